The molecule has 0 unspecified atom stereocenters. The van der Waals surface area contributed by atoms with Crippen molar-refractivity contribution >= 4 is 0 Å². The maximum Gasteiger partial charge on any atom is 0.222 e. The highest BCUT2D eigenvalue weighted by Crippen LogP contribution is 1.98. The topological polar surface area (TPSA) is 18.5 Å². The van der Waals surface area contributed by atoms with Crippen molar-refractivity contribution in [2.45, 2.75) is 59.2 Å². The Labute approximate surface area is 106 Å². The normalized spacial score (nSPS) is 10.8. The zero-order chi connectivity index (χ0) is 12.8. The minimum atomic E-state index is -0.343. The van der Waals surface area contributed by atoms with Gasteiger partial charge in [-0.25, -0.2) is 0 Å². The van der Waals surface area contributed by atoms with E-state index in [0.717, 1.165) is 32.1 Å². The molecular formula is C15H26O2. The van der Waals surface area contributed by atoms with Gasteiger partial charge in [0, 0.05) is 6.42 Å². The summed E-state index contributed by atoms with van der Waals surface area (Å²) in [6.07, 6.45) is 8.96. The van der Waals surface area contributed by atoms with Crippen LogP contribution in [0, 0.1) is 11.8 Å². The van der Waals surface area contributed by atoms with Crippen LogP contribution in [0.15, 0.2) is 12.2 Å². The van der Waals surface area contributed by atoms with Gasteiger partial charge in [0.1, 0.15) is 0 Å². The quantitative estimate of drug-likeness (QED) is 0.262. The Hall–Kier alpha value is -0.780. The molecule has 0 aliphatic rings. The van der Waals surface area contributed by atoms with E-state index >= 15 is 0 Å². The summed E-state index contributed by atoms with van der Waals surface area (Å²) in [5.41, 5.74) is 0. The molecule has 0 aliphatic heterocycles. The predicted molar refractivity (Wildman–Crippen MR) is 72.7 cm³/mol. The largest absolute Gasteiger partial charge is 0.342 e. The average molecular weight is 238 g/mol. The van der Waals surface area contributed by atoms with Crippen LogP contribution in [0.2, 0.25) is 0 Å². The lowest BCUT2D eigenvalue weighted by atomic mass is 10.3. The van der Waals surface area contributed by atoms with Gasteiger partial charge in [-0.15, -0.1) is 0 Å². The van der Waals surface area contributed by atoms with E-state index < -0.39 is 0 Å². The molecule has 0 aromatic carbocycles. The van der Waals surface area contributed by atoms with E-state index in [9.17, 15) is 0 Å². The Kier molecular flexibility index (Phi) is 12.7. The fourth-order valence-electron chi connectivity index (χ4n) is 1.18. The summed E-state index contributed by atoms with van der Waals surface area (Å²) >= 11 is 0. The summed E-state index contributed by atoms with van der Waals surface area (Å²) < 4.78 is 11.0. The summed E-state index contributed by atoms with van der Waals surface area (Å²) in [5.74, 6) is 6.15. The molecular weight excluding hydrogens is 212 g/mol. The Morgan fingerprint density at radius 1 is 1.00 bits per heavy atom. The highest BCUT2D eigenvalue weighted by Gasteiger charge is 2.02. The first-order valence-corrected chi connectivity index (χ1v) is 6.71. The van der Waals surface area contributed by atoms with Gasteiger partial charge in [-0.3, -0.25) is 0 Å². The monoisotopic (exact) mass is 238 g/mol. The summed E-state index contributed by atoms with van der Waals surface area (Å²) in [6, 6.07) is 0. The van der Waals surface area contributed by atoms with Crippen LogP contribution in [0.25, 0.3) is 0 Å². The number of hydrogen-bond donors (Lipinski definition) is 0. The fourth-order valence-corrected chi connectivity index (χ4v) is 1.18. The van der Waals surface area contributed by atoms with Gasteiger partial charge >= 0.3 is 0 Å². The van der Waals surface area contributed by atoms with Crippen LogP contribution in [0.1, 0.15) is 52.9 Å². The minimum Gasteiger partial charge on any atom is -0.342 e. The molecule has 98 valence electrons. The van der Waals surface area contributed by atoms with Crippen molar-refractivity contribution in [1.29, 1.82) is 0 Å². The lowest BCUT2D eigenvalue weighted by molar-refractivity contribution is -0.104. The van der Waals surface area contributed by atoms with Crippen molar-refractivity contribution < 1.29 is 9.47 Å². The van der Waals surface area contributed by atoms with Crippen molar-refractivity contribution in [3.8, 4) is 11.8 Å². The van der Waals surface area contributed by atoms with E-state index in [2.05, 4.69) is 44.8 Å². The van der Waals surface area contributed by atoms with E-state index in [0.29, 0.717) is 13.2 Å². The summed E-state index contributed by atoms with van der Waals surface area (Å²) in [5, 5.41) is 0. The number of unbranched alkanes of at least 4 members (excludes halogenated alkanes) is 1. The molecule has 0 atom stereocenters. The molecule has 0 aromatic heterocycles. The smallest absolute Gasteiger partial charge is 0.222 e. The molecule has 0 amide bonds. The number of ether oxygens (including phenoxy) is 2. The third-order valence-electron chi connectivity index (χ3n) is 2.00. The molecule has 0 bridgehead atoms. The standard InChI is InChI=1S/C15H26O2/c1-4-7-8-9-10-11-12-15(16-13-5-2)17-14-6-3/h7-8,15H,4-6,9-10,13-14H2,1-3H3/b8-7+. The van der Waals surface area contributed by atoms with Gasteiger partial charge in [0.25, 0.3) is 0 Å². The van der Waals surface area contributed by atoms with E-state index in [1.165, 1.54) is 0 Å². The van der Waals surface area contributed by atoms with Crippen LogP contribution in [0.4, 0.5) is 0 Å². The molecule has 0 N–H and O–H groups in total. The van der Waals surface area contributed by atoms with Crippen LogP contribution < -0.4 is 0 Å². The molecule has 0 radical (unpaired) electrons. The highest BCUT2D eigenvalue weighted by molar-refractivity contribution is 5.03. The Morgan fingerprint density at radius 2 is 1.65 bits per heavy atom. The zero-order valence-electron chi connectivity index (χ0n) is 11.5. The Bertz CT molecular complexity index is 227. The van der Waals surface area contributed by atoms with Gasteiger partial charge in [0.05, 0.1) is 13.2 Å². The third kappa shape index (κ3) is 11.5. The third-order valence-corrected chi connectivity index (χ3v) is 2.00. The van der Waals surface area contributed by atoms with Crippen LogP contribution in [0.5, 0.6) is 0 Å². The molecule has 0 fully saturated rings. The Balaban J connectivity index is 3.85. The second-order valence-corrected chi connectivity index (χ2v) is 3.81. The molecule has 2 nitrogen and oxygen atoms in total. The van der Waals surface area contributed by atoms with Crippen LogP contribution in [-0.4, -0.2) is 19.5 Å². The number of allylic oxidation sites excluding steroid dienone is 2. The second kappa shape index (κ2) is 13.3. The van der Waals surface area contributed by atoms with E-state index in [-0.39, 0.29) is 6.29 Å². The van der Waals surface area contributed by atoms with E-state index in [1.807, 2.05) is 0 Å². The maximum absolute atomic E-state index is 5.51. The molecule has 2 heteroatoms. The fraction of sp³-hybridized carbons (Fsp3) is 0.733. The molecule has 0 aromatic rings. The minimum absolute atomic E-state index is 0.343. The van der Waals surface area contributed by atoms with Crippen molar-refractivity contribution in [2.24, 2.45) is 0 Å². The summed E-state index contributed by atoms with van der Waals surface area (Å²) in [4.78, 5) is 0. The number of rotatable bonds is 9. The van der Waals surface area contributed by atoms with Crippen LogP contribution >= 0.6 is 0 Å². The molecule has 0 rings (SSSR count). The molecule has 17 heavy (non-hydrogen) atoms. The van der Waals surface area contributed by atoms with Crippen LogP contribution in [0.3, 0.4) is 0 Å². The first-order valence-electron chi connectivity index (χ1n) is 6.71. The van der Waals surface area contributed by atoms with Gasteiger partial charge in [-0.1, -0.05) is 38.8 Å². The summed E-state index contributed by atoms with van der Waals surface area (Å²) in [7, 11) is 0. The molecule has 0 aliphatic carbocycles. The summed E-state index contributed by atoms with van der Waals surface area (Å²) in [6.45, 7) is 7.71. The predicted octanol–water partition coefficient (Wildman–Crippen LogP) is 3.92. The zero-order valence-corrected chi connectivity index (χ0v) is 11.5. The second-order valence-electron chi connectivity index (χ2n) is 3.81. The van der Waals surface area contributed by atoms with E-state index in [4.69, 9.17) is 9.47 Å². The maximum atomic E-state index is 5.51. The van der Waals surface area contributed by atoms with Gasteiger partial charge in [0.2, 0.25) is 6.29 Å². The van der Waals surface area contributed by atoms with Crippen LogP contribution in [-0.2, 0) is 9.47 Å². The molecule has 0 saturated heterocycles. The molecule has 0 spiro atoms. The SMILES string of the molecule is CC/C=C/CCC#CC(OCCC)OCCC. The first kappa shape index (κ1) is 16.2. The van der Waals surface area contributed by atoms with Crippen molar-refractivity contribution in [1.82, 2.24) is 0 Å². The molecule has 0 saturated carbocycles. The van der Waals surface area contributed by atoms with Gasteiger partial charge in [-0.05, 0) is 31.6 Å². The van der Waals surface area contributed by atoms with Gasteiger partial charge < -0.3 is 9.47 Å². The van der Waals surface area contributed by atoms with Gasteiger partial charge in [0.15, 0.2) is 0 Å². The Morgan fingerprint density at radius 3 is 2.18 bits per heavy atom. The lowest BCUT2D eigenvalue weighted by Crippen LogP contribution is -2.16. The van der Waals surface area contributed by atoms with Crippen molar-refractivity contribution in [3.63, 3.8) is 0 Å². The molecule has 0 heterocycles. The average Bonchev–Trinajstić information content (AvgIpc) is 2.35. The van der Waals surface area contributed by atoms with Crippen molar-refractivity contribution in [2.75, 3.05) is 13.2 Å². The van der Waals surface area contributed by atoms with Gasteiger partial charge in [-0.2, -0.15) is 0 Å². The van der Waals surface area contributed by atoms with E-state index in [1.54, 1.807) is 0 Å². The number of hydrogen-bond acceptors (Lipinski definition) is 2. The highest BCUT2D eigenvalue weighted by atomic mass is 16.7. The lowest BCUT2D eigenvalue weighted by Gasteiger charge is -2.11. The first-order chi connectivity index (χ1) is 8.35. The van der Waals surface area contributed by atoms with Crippen molar-refractivity contribution in [3.05, 3.63) is 12.2 Å².